The van der Waals surface area contributed by atoms with Crippen LogP contribution in [0.25, 0.3) is 22.0 Å². The van der Waals surface area contributed by atoms with Gasteiger partial charge in [-0.3, -0.25) is 4.79 Å². The minimum Gasteiger partial charge on any atom is -0.441 e. The molecule has 0 amide bonds. The smallest absolute Gasteiger partial charge is 0.416 e. The molecule has 0 unspecified atom stereocenters. The Morgan fingerprint density at radius 3 is 2.53 bits per heavy atom. The molecule has 0 bridgehead atoms. The fourth-order valence-corrected chi connectivity index (χ4v) is 3.51. The number of aromatic nitrogens is 4. The highest BCUT2D eigenvalue weighted by Gasteiger charge is 2.30. The van der Waals surface area contributed by atoms with Gasteiger partial charge in [-0.05, 0) is 25.5 Å². The van der Waals surface area contributed by atoms with E-state index in [-0.39, 0.29) is 24.5 Å². The van der Waals surface area contributed by atoms with Crippen LogP contribution >= 0.6 is 11.3 Å². The summed E-state index contributed by atoms with van der Waals surface area (Å²) in [5, 5.41) is 18.1. The van der Waals surface area contributed by atoms with E-state index in [2.05, 4.69) is 15.2 Å². The predicted octanol–water partition coefficient (Wildman–Crippen LogP) is 4.57. The van der Waals surface area contributed by atoms with E-state index in [1.54, 1.807) is 6.92 Å². The Bertz CT molecular complexity index is 1100. The van der Waals surface area contributed by atoms with Crippen molar-refractivity contribution in [2.24, 2.45) is 0 Å². The van der Waals surface area contributed by atoms with Crippen LogP contribution in [-0.2, 0) is 22.4 Å². The number of halogens is 3. The number of nitriles is 1. The van der Waals surface area contributed by atoms with Crippen LogP contribution in [-0.4, -0.2) is 25.9 Å². The standard InChI is InChI=1S/C19H16F3N5O2S/c1-3-4-15(28)29-10-27-25-14(9-23)17(26-27)16-11(2)30-18(24-16)12-5-7-13(8-6-12)19(20,21)22/h5-8H,3-4,10H2,1-2H3. The van der Waals surface area contributed by atoms with E-state index >= 15 is 0 Å². The quantitative estimate of drug-likeness (QED) is 0.527. The van der Waals surface area contributed by atoms with Crippen molar-refractivity contribution < 1.29 is 22.7 Å². The molecule has 0 saturated heterocycles. The summed E-state index contributed by atoms with van der Waals surface area (Å²) in [6, 6.07) is 6.61. The molecule has 0 aliphatic heterocycles. The van der Waals surface area contributed by atoms with Gasteiger partial charge in [0, 0.05) is 16.9 Å². The van der Waals surface area contributed by atoms with Crippen LogP contribution in [0, 0.1) is 18.3 Å². The molecule has 2 aromatic heterocycles. The van der Waals surface area contributed by atoms with Gasteiger partial charge in [0.15, 0.2) is 11.4 Å². The molecule has 0 aliphatic rings. The number of hydrogen-bond donors (Lipinski definition) is 0. The molecule has 0 aliphatic carbocycles. The number of esters is 1. The van der Waals surface area contributed by atoms with Gasteiger partial charge in [-0.25, -0.2) is 4.98 Å². The average molecular weight is 435 g/mol. The van der Waals surface area contributed by atoms with Crippen molar-refractivity contribution in [3.63, 3.8) is 0 Å². The highest BCUT2D eigenvalue weighted by Crippen LogP contribution is 2.35. The monoisotopic (exact) mass is 435 g/mol. The van der Waals surface area contributed by atoms with E-state index in [9.17, 15) is 23.2 Å². The zero-order chi connectivity index (χ0) is 21.9. The molecule has 0 spiro atoms. The second-order valence-corrected chi connectivity index (χ2v) is 7.48. The van der Waals surface area contributed by atoms with E-state index in [4.69, 9.17) is 4.74 Å². The van der Waals surface area contributed by atoms with E-state index in [0.717, 1.165) is 21.8 Å². The Labute approximate surface area is 173 Å². The van der Waals surface area contributed by atoms with Crippen molar-refractivity contribution in [2.45, 2.75) is 39.6 Å². The summed E-state index contributed by atoms with van der Waals surface area (Å²) in [6.45, 7) is 3.38. The second-order valence-electron chi connectivity index (χ2n) is 6.28. The fraction of sp³-hybridized carbons (Fsp3) is 0.316. The molecule has 11 heteroatoms. The highest BCUT2D eigenvalue weighted by molar-refractivity contribution is 7.15. The lowest BCUT2D eigenvalue weighted by Crippen LogP contribution is -2.11. The Morgan fingerprint density at radius 2 is 1.93 bits per heavy atom. The van der Waals surface area contributed by atoms with Crippen LogP contribution in [0.4, 0.5) is 13.2 Å². The molecule has 1 aromatic carbocycles. The number of thiazole rings is 1. The van der Waals surface area contributed by atoms with E-state index in [1.807, 2.05) is 13.0 Å². The number of rotatable bonds is 6. The second kappa shape index (κ2) is 8.62. The van der Waals surface area contributed by atoms with Crippen LogP contribution in [0.5, 0.6) is 0 Å². The normalized spacial score (nSPS) is 11.3. The van der Waals surface area contributed by atoms with Gasteiger partial charge in [0.1, 0.15) is 16.8 Å². The third-order valence-corrected chi connectivity index (χ3v) is 5.06. The van der Waals surface area contributed by atoms with Crippen LogP contribution in [0.15, 0.2) is 24.3 Å². The SMILES string of the molecule is CCCC(=O)OCn1nc(C#N)c(-c2nc(-c3ccc(C(F)(F)F)cc3)sc2C)n1. The lowest BCUT2D eigenvalue weighted by Gasteiger charge is -2.06. The third-order valence-electron chi connectivity index (χ3n) is 4.04. The first-order valence-corrected chi connectivity index (χ1v) is 9.70. The number of nitrogens with zero attached hydrogens (tertiary/aromatic N) is 5. The maximum Gasteiger partial charge on any atom is 0.416 e. The van der Waals surface area contributed by atoms with Crippen molar-refractivity contribution in [1.29, 1.82) is 5.26 Å². The first-order chi connectivity index (χ1) is 14.2. The van der Waals surface area contributed by atoms with Gasteiger partial charge < -0.3 is 4.74 Å². The van der Waals surface area contributed by atoms with Crippen molar-refractivity contribution in [3.8, 4) is 28.0 Å². The Kier molecular flexibility index (Phi) is 6.17. The van der Waals surface area contributed by atoms with Crippen molar-refractivity contribution in [3.05, 3.63) is 40.4 Å². The largest absolute Gasteiger partial charge is 0.441 e. The first kappa shape index (κ1) is 21.4. The van der Waals surface area contributed by atoms with Gasteiger partial charge in [-0.1, -0.05) is 19.1 Å². The summed E-state index contributed by atoms with van der Waals surface area (Å²) < 4.78 is 43.3. The molecular weight excluding hydrogens is 419 g/mol. The first-order valence-electron chi connectivity index (χ1n) is 8.89. The zero-order valence-corrected chi connectivity index (χ0v) is 16.8. The Balaban J connectivity index is 1.88. The molecule has 0 atom stereocenters. The number of hydrogen-bond acceptors (Lipinski definition) is 7. The van der Waals surface area contributed by atoms with Gasteiger partial charge in [-0.15, -0.1) is 26.3 Å². The summed E-state index contributed by atoms with van der Waals surface area (Å²) in [7, 11) is 0. The van der Waals surface area contributed by atoms with Crippen molar-refractivity contribution in [1.82, 2.24) is 20.0 Å². The molecule has 156 valence electrons. The number of aryl methyl sites for hydroxylation is 1. The van der Waals surface area contributed by atoms with Gasteiger partial charge >= 0.3 is 12.1 Å². The molecule has 30 heavy (non-hydrogen) atoms. The van der Waals surface area contributed by atoms with Crippen molar-refractivity contribution >= 4 is 17.3 Å². The number of carbonyl (C=O) groups is 1. The molecule has 0 fully saturated rings. The van der Waals surface area contributed by atoms with Crippen LogP contribution in [0.2, 0.25) is 0 Å². The topological polar surface area (TPSA) is 93.7 Å². The molecule has 2 heterocycles. The van der Waals surface area contributed by atoms with Crippen molar-refractivity contribution in [2.75, 3.05) is 0 Å². The van der Waals surface area contributed by atoms with Gasteiger partial charge in [0.2, 0.25) is 6.73 Å². The molecular formula is C19H16F3N5O2S. The average Bonchev–Trinajstić information content (AvgIpc) is 3.29. The van der Waals surface area contributed by atoms with E-state index in [1.165, 1.54) is 23.5 Å². The molecule has 0 radical (unpaired) electrons. The molecule has 3 rings (SSSR count). The maximum atomic E-state index is 12.8. The summed E-state index contributed by atoms with van der Waals surface area (Å²) in [5.74, 6) is -0.399. The Hall–Kier alpha value is -3.26. The number of carbonyl (C=O) groups excluding carboxylic acids is 1. The molecule has 3 aromatic rings. The van der Waals surface area contributed by atoms with Crippen LogP contribution in [0.1, 0.15) is 35.9 Å². The number of ether oxygens (including phenoxy) is 1. The van der Waals surface area contributed by atoms with E-state index < -0.39 is 17.7 Å². The lowest BCUT2D eigenvalue weighted by molar-refractivity contribution is -0.148. The number of alkyl halides is 3. The molecule has 0 N–H and O–H groups in total. The summed E-state index contributed by atoms with van der Waals surface area (Å²) >= 11 is 1.26. The minimum atomic E-state index is -4.41. The predicted molar refractivity (Wildman–Crippen MR) is 102 cm³/mol. The minimum absolute atomic E-state index is 0.00825. The summed E-state index contributed by atoms with van der Waals surface area (Å²) in [5.41, 5.74) is 0.399. The summed E-state index contributed by atoms with van der Waals surface area (Å²) in [4.78, 5) is 17.8. The van der Waals surface area contributed by atoms with Gasteiger partial charge in [0.05, 0.1) is 5.56 Å². The highest BCUT2D eigenvalue weighted by atomic mass is 32.1. The third kappa shape index (κ3) is 4.65. The molecule has 7 nitrogen and oxygen atoms in total. The summed E-state index contributed by atoms with van der Waals surface area (Å²) in [6.07, 6.45) is -3.50. The number of benzene rings is 1. The Morgan fingerprint density at radius 1 is 1.23 bits per heavy atom. The maximum absolute atomic E-state index is 12.8. The fourth-order valence-electron chi connectivity index (χ4n) is 2.59. The molecule has 0 saturated carbocycles. The van der Waals surface area contributed by atoms with Crippen LogP contribution < -0.4 is 0 Å². The van der Waals surface area contributed by atoms with E-state index in [0.29, 0.717) is 22.7 Å². The van der Waals surface area contributed by atoms with Crippen LogP contribution in [0.3, 0.4) is 0 Å². The van der Waals surface area contributed by atoms with Gasteiger partial charge in [-0.2, -0.15) is 18.4 Å². The lowest BCUT2D eigenvalue weighted by atomic mass is 10.1. The van der Waals surface area contributed by atoms with Gasteiger partial charge in [0.25, 0.3) is 0 Å². The zero-order valence-electron chi connectivity index (χ0n) is 16.0.